The van der Waals surface area contributed by atoms with Crippen molar-refractivity contribution < 1.29 is 30.1 Å². The average Bonchev–Trinajstić information content (AvgIpc) is 2.86. The third kappa shape index (κ3) is 2.86. The van der Waals surface area contributed by atoms with Gasteiger partial charge in [-0.3, -0.25) is 4.98 Å². The summed E-state index contributed by atoms with van der Waals surface area (Å²) < 4.78 is 0.562. The summed E-state index contributed by atoms with van der Waals surface area (Å²) in [5.74, 6) is -2.04. The fraction of sp³-hybridized carbons (Fsp3) is 0.0833. The van der Waals surface area contributed by atoms with Gasteiger partial charge in [0.05, 0.1) is 0 Å². The van der Waals surface area contributed by atoms with Gasteiger partial charge >= 0.3 is 5.97 Å². The van der Waals surface area contributed by atoms with Gasteiger partial charge in [0, 0.05) is 29.8 Å². The molecule has 0 atom stereocenters. The molecule has 0 saturated carbocycles. The standard InChI is InChI=1S/C12H12N2O6/c15-8-6-7(12(19)13-8)2-1-3-11(18)20-14-9(16)4-5-10(14)17/h1,3-6,13,15-17,19H,2H2. The first kappa shape index (κ1) is 13.4. The van der Waals surface area contributed by atoms with E-state index in [4.69, 9.17) is 5.11 Å². The third-order valence-corrected chi connectivity index (χ3v) is 2.43. The maximum absolute atomic E-state index is 11.4. The summed E-state index contributed by atoms with van der Waals surface area (Å²) in [5.41, 5.74) is 0.401. The van der Waals surface area contributed by atoms with Gasteiger partial charge in [0.25, 0.3) is 0 Å². The number of hydrogen-bond acceptors (Lipinski definition) is 6. The smallest absolute Gasteiger partial charge is 0.356 e. The van der Waals surface area contributed by atoms with E-state index < -0.39 is 17.7 Å². The molecule has 8 heteroatoms. The van der Waals surface area contributed by atoms with E-state index in [2.05, 4.69) is 9.82 Å². The number of hydrogen-bond donors (Lipinski definition) is 5. The molecule has 5 N–H and O–H groups in total. The van der Waals surface area contributed by atoms with Crippen LogP contribution in [-0.4, -0.2) is 36.1 Å². The first-order valence-corrected chi connectivity index (χ1v) is 5.55. The molecule has 2 heterocycles. The molecular formula is C12H12N2O6. The van der Waals surface area contributed by atoms with Crippen molar-refractivity contribution in [1.82, 2.24) is 9.71 Å². The van der Waals surface area contributed by atoms with Gasteiger partial charge in [0.15, 0.2) is 11.8 Å². The van der Waals surface area contributed by atoms with Crippen LogP contribution in [0.25, 0.3) is 0 Å². The van der Waals surface area contributed by atoms with Crippen molar-refractivity contribution in [2.75, 3.05) is 0 Å². The molecule has 106 valence electrons. The van der Waals surface area contributed by atoms with E-state index in [1.54, 1.807) is 0 Å². The minimum atomic E-state index is -0.828. The van der Waals surface area contributed by atoms with E-state index >= 15 is 0 Å². The zero-order valence-electron chi connectivity index (χ0n) is 10.1. The molecule has 20 heavy (non-hydrogen) atoms. The summed E-state index contributed by atoms with van der Waals surface area (Å²) >= 11 is 0. The fourth-order valence-electron chi connectivity index (χ4n) is 1.52. The number of carbonyl (C=O) groups excluding carboxylic acids is 1. The number of carbonyl (C=O) groups is 1. The third-order valence-electron chi connectivity index (χ3n) is 2.43. The Bertz CT molecular complexity index is 635. The van der Waals surface area contributed by atoms with E-state index in [-0.39, 0.29) is 18.2 Å². The lowest BCUT2D eigenvalue weighted by molar-refractivity contribution is -0.139. The number of aromatic hydroxyl groups is 4. The number of rotatable bonds is 4. The van der Waals surface area contributed by atoms with Crippen LogP contribution in [0.5, 0.6) is 23.5 Å². The zero-order valence-corrected chi connectivity index (χ0v) is 10.1. The van der Waals surface area contributed by atoms with E-state index in [1.807, 2.05) is 0 Å². The number of nitrogens with zero attached hydrogens (tertiary/aromatic N) is 1. The molecule has 2 aromatic rings. The Hall–Kier alpha value is -3.03. The van der Waals surface area contributed by atoms with Crippen LogP contribution in [-0.2, 0) is 11.2 Å². The van der Waals surface area contributed by atoms with Crippen molar-refractivity contribution in [3.8, 4) is 23.5 Å². The molecule has 0 bridgehead atoms. The Labute approximate surface area is 112 Å². The number of allylic oxidation sites excluding steroid dienone is 1. The second-order valence-corrected chi connectivity index (χ2v) is 3.89. The van der Waals surface area contributed by atoms with Crippen molar-refractivity contribution in [3.05, 3.63) is 35.9 Å². The van der Waals surface area contributed by atoms with Crippen LogP contribution in [0.15, 0.2) is 30.4 Å². The molecule has 0 amide bonds. The zero-order chi connectivity index (χ0) is 14.7. The lowest BCUT2D eigenvalue weighted by Gasteiger charge is -2.03. The van der Waals surface area contributed by atoms with E-state index in [0.29, 0.717) is 10.3 Å². The Balaban J connectivity index is 1.95. The number of aromatic amines is 1. The molecule has 0 saturated heterocycles. The molecule has 8 nitrogen and oxygen atoms in total. The van der Waals surface area contributed by atoms with Crippen molar-refractivity contribution in [1.29, 1.82) is 0 Å². The fourth-order valence-corrected chi connectivity index (χ4v) is 1.52. The Morgan fingerprint density at radius 2 is 1.90 bits per heavy atom. The normalized spacial score (nSPS) is 11.0. The molecular weight excluding hydrogens is 268 g/mol. The van der Waals surface area contributed by atoms with Crippen LogP contribution in [0.2, 0.25) is 0 Å². The molecule has 0 aromatic carbocycles. The molecule has 0 aliphatic rings. The highest BCUT2D eigenvalue weighted by Crippen LogP contribution is 2.22. The molecule has 0 aliphatic carbocycles. The van der Waals surface area contributed by atoms with E-state index in [9.17, 15) is 20.1 Å². The lowest BCUT2D eigenvalue weighted by atomic mass is 10.2. The van der Waals surface area contributed by atoms with Crippen molar-refractivity contribution in [2.24, 2.45) is 0 Å². The van der Waals surface area contributed by atoms with Crippen LogP contribution in [0.3, 0.4) is 0 Å². The van der Waals surface area contributed by atoms with E-state index in [1.165, 1.54) is 12.1 Å². The highest BCUT2D eigenvalue weighted by Gasteiger charge is 2.10. The minimum absolute atomic E-state index is 0.182. The Morgan fingerprint density at radius 3 is 2.45 bits per heavy atom. The molecule has 0 unspecified atom stereocenters. The number of H-pyrrole nitrogens is 1. The summed E-state index contributed by atoms with van der Waals surface area (Å²) in [6.07, 6.45) is 2.63. The molecule has 0 spiro atoms. The summed E-state index contributed by atoms with van der Waals surface area (Å²) in [6, 6.07) is 3.63. The first-order valence-electron chi connectivity index (χ1n) is 5.55. The lowest BCUT2D eigenvalue weighted by Crippen LogP contribution is -2.16. The molecule has 0 aliphatic heterocycles. The maximum Gasteiger partial charge on any atom is 0.356 e. The number of nitrogens with one attached hydrogen (secondary N) is 1. The second kappa shape index (κ2) is 5.31. The predicted octanol–water partition coefficient (Wildman–Crippen LogP) is 0.393. The molecule has 0 radical (unpaired) electrons. The molecule has 2 rings (SSSR count). The van der Waals surface area contributed by atoms with Crippen molar-refractivity contribution >= 4 is 5.97 Å². The highest BCUT2D eigenvalue weighted by atomic mass is 16.7. The highest BCUT2D eigenvalue weighted by molar-refractivity contribution is 5.82. The van der Waals surface area contributed by atoms with Crippen LogP contribution in [0, 0.1) is 0 Å². The Morgan fingerprint density at radius 1 is 1.25 bits per heavy atom. The van der Waals surface area contributed by atoms with Gasteiger partial charge in [-0.05, 0) is 6.42 Å². The van der Waals surface area contributed by atoms with Crippen LogP contribution < -0.4 is 4.84 Å². The minimum Gasteiger partial charge on any atom is -0.495 e. The van der Waals surface area contributed by atoms with Gasteiger partial charge in [0.1, 0.15) is 0 Å². The van der Waals surface area contributed by atoms with Gasteiger partial charge in [-0.15, -0.1) is 4.73 Å². The predicted molar refractivity (Wildman–Crippen MR) is 66.3 cm³/mol. The van der Waals surface area contributed by atoms with Crippen molar-refractivity contribution in [2.45, 2.75) is 6.42 Å². The summed E-state index contributed by atoms with van der Waals surface area (Å²) in [5, 5.41) is 36.9. The van der Waals surface area contributed by atoms with Crippen LogP contribution in [0.4, 0.5) is 0 Å². The van der Waals surface area contributed by atoms with Gasteiger partial charge < -0.3 is 25.3 Å². The number of aromatic nitrogens is 2. The van der Waals surface area contributed by atoms with Gasteiger partial charge in [-0.25, -0.2) is 4.79 Å². The summed E-state index contributed by atoms with van der Waals surface area (Å²) in [4.78, 5) is 18.4. The average molecular weight is 280 g/mol. The van der Waals surface area contributed by atoms with E-state index in [0.717, 1.165) is 18.2 Å². The van der Waals surface area contributed by atoms with Crippen LogP contribution in [0.1, 0.15) is 5.56 Å². The summed E-state index contributed by atoms with van der Waals surface area (Å²) in [7, 11) is 0. The van der Waals surface area contributed by atoms with Gasteiger partial charge in [0.2, 0.25) is 11.8 Å². The van der Waals surface area contributed by atoms with Gasteiger partial charge in [-0.1, -0.05) is 6.08 Å². The first-order chi connectivity index (χ1) is 9.47. The maximum atomic E-state index is 11.4. The SMILES string of the molecule is O=C(C=CCc1cc(O)[nH]c1O)On1c(O)ccc1O. The topological polar surface area (TPSA) is 128 Å². The monoisotopic (exact) mass is 280 g/mol. The second-order valence-electron chi connectivity index (χ2n) is 3.89. The molecule has 2 aromatic heterocycles. The quantitative estimate of drug-likeness (QED) is 0.515. The largest absolute Gasteiger partial charge is 0.495 e. The van der Waals surface area contributed by atoms with Crippen molar-refractivity contribution in [3.63, 3.8) is 0 Å². The molecule has 0 fully saturated rings. The van der Waals surface area contributed by atoms with Crippen LogP contribution >= 0.6 is 0 Å². The van der Waals surface area contributed by atoms with Gasteiger partial charge in [-0.2, -0.15) is 0 Å². The summed E-state index contributed by atoms with van der Waals surface area (Å²) in [6.45, 7) is 0. The Kier molecular flexibility index (Phi) is 3.56.